The van der Waals surface area contributed by atoms with E-state index in [4.69, 9.17) is 4.74 Å². The summed E-state index contributed by atoms with van der Waals surface area (Å²) in [6.07, 6.45) is 1.06. The average Bonchev–Trinajstić information content (AvgIpc) is 2.82. The minimum absolute atomic E-state index is 0.387. The molecule has 0 radical (unpaired) electrons. The second kappa shape index (κ2) is 4.13. The van der Waals surface area contributed by atoms with Gasteiger partial charge in [-0.25, -0.2) is 0 Å². The van der Waals surface area contributed by atoms with E-state index in [9.17, 15) is 0 Å². The Bertz CT molecular complexity index is 494. The van der Waals surface area contributed by atoms with Gasteiger partial charge in [-0.2, -0.15) is 0 Å². The van der Waals surface area contributed by atoms with Crippen molar-refractivity contribution in [2.24, 2.45) is 0 Å². The van der Waals surface area contributed by atoms with Crippen LogP contribution in [0.4, 0.5) is 5.69 Å². The number of fused-ring (bicyclic) bond motifs is 1. The fourth-order valence-corrected chi connectivity index (χ4v) is 2.34. The van der Waals surface area contributed by atoms with Crippen LogP contribution in [0, 0.1) is 0 Å². The van der Waals surface area contributed by atoms with Crippen molar-refractivity contribution in [3.63, 3.8) is 0 Å². The van der Waals surface area contributed by atoms with Crippen LogP contribution in [-0.4, -0.2) is 7.11 Å². The first-order valence-corrected chi connectivity index (χ1v) is 5.85. The highest BCUT2D eigenvalue weighted by molar-refractivity contribution is 5.58. The summed E-state index contributed by atoms with van der Waals surface area (Å²) in [5.74, 6) is 0.907. The zero-order valence-electron chi connectivity index (χ0n) is 9.81. The number of nitrogens with one attached hydrogen (secondary N) is 1. The lowest BCUT2D eigenvalue weighted by atomic mass is 10.0. The topological polar surface area (TPSA) is 21.3 Å². The van der Waals surface area contributed by atoms with Crippen molar-refractivity contribution in [2.45, 2.75) is 12.5 Å². The highest BCUT2D eigenvalue weighted by Gasteiger charge is 2.20. The monoisotopic (exact) mass is 225 g/mol. The molecule has 0 amide bonds. The molecule has 3 rings (SSSR count). The number of para-hydroxylation sites is 1. The molecule has 86 valence electrons. The van der Waals surface area contributed by atoms with Gasteiger partial charge in [-0.1, -0.05) is 30.3 Å². The summed E-state index contributed by atoms with van der Waals surface area (Å²) in [5, 5.41) is 3.55. The van der Waals surface area contributed by atoms with Gasteiger partial charge in [0.05, 0.1) is 13.2 Å². The Morgan fingerprint density at radius 2 is 1.82 bits per heavy atom. The lowest BCUT2D eigenvalue weighted by Gasteiger charge is -2.12. The molecule has 0 aliphatic carbocycles. The van der Waals surface area contributed by atoms with Crippen LogP contribution >= 0.6 is 0 Å². The molecule has 2 aromatic rings. The number of ether oxygens (including phenoxy) is 1. The van der Waals surface area contributed by atoms with E-state index in [1.807, 2.05) is 12.1 Å². The fourth-order valence-electron chi connectivity index (χ4n) is 2.34. The van der Waals surface area contributed by atoms with Gasteiger partial charge in [0.2, 0.25) is 0 Å². The Morgan fingerprint density at radius 3 is 2.53 bits per heavy atom. The van der Waals surface area contributed by atoms with Crippen LogP contribution < -0.4 is 10.1 Å². The Labute approximate surface area is 101 Å². The standard InChI is InChI=1S/C15H15NO/c1-17-13-8-6-11(7-9-13)15-10-12-4-2-3-5-14(12)16-15/h2-9,15-16H,10H2,1H3/t15-/m0/s1. The van der Waals surface area contributed by atoms with Crippen molar-refractivity contribution >= 4 is 5.69 Å². The number of benzene rings is 2. The van der Waals surface area contributed by atoms with Gasteiger partial charge in [-0.3, -0.25) is 0 Å². The van der Waals surface area contributed by atoms with E-state index < -0.39 is 0 Å². The summed E-state index contributed by atoms with van der Waals surface area (Å²) in [6.45, 7) is 0. The molecule has 0 spiro atoms. The predicted octanol–water partition coefficient (Wildman–Crippen LogP) is 3.40. The Hall–Kier alpha value is -1.96. The molecular formula is C15H15NO. The van der Waals surface area contributed by atoms with Crippen LogP contribution in [0.15, 0.2) is 48.5 Å². The fraction of sp³-hybridized carbons (Fsp3) is 0.200. The molecule has 2 heteroatoms. The summed E-state index contributed by atoms with van der Waals surface area (Å²) >= 11 is 0. The van der Waals surface area contributed by atoms with E-state index in [2.05, 4.69) is 41.7 Å². The van der Waals surface area contributed by atoms with Crippen LogP contribution in [0.1, 0.15) is 17.2 Å². The SMILES string of the molecule is COc1ccc([C@@H]2Cc3ccccc3N2)cc1. The summed E-state index contributed by atoms with van der Waals surface area (Å²) < 4.78 is 5.17. The van der Waals surface area contributed by atoms with E-state index in [-0.39, 0.29) is 0 Å². The minimum Gasteiger partial charge on any atom is -0.497 e. The lowest BCUT2D eigenvalue weighted by Crippen LogP contribution is -2.05. The van der Waals surface area contributed by atoms with Crippen LogP contribution in [-0.2, 0) is 6.42 Å². The van der Waals surface area contributed by atoms with Crippen molar-refractivity contribution in [1.82, 2.24) is 0 Å². The Balaban J connectivity index is 1.83. The molecule has 1 heterocycles. The zero-order chi connectivity index (χ0) is 11.7. The Kier molecular flexibility index (Phi) is 2.48. The van der Waals surface area contributed by atoms with E-state index in [0.717, 1.165) is 12.2 Å². The zero-order valence-corrected chi connectivity index (χ0v) is 9.81. The molecule has 0 fully saturated rings. The maximum absolute atomic E-state index is 5.17. The second-order valence-electron chi connectivity index (χ2n) is 4.33. The van der Waals surface area contributed by atoms with E-state index >= 15 is 0 Å². The normalized spacial score (nSPS) is 17.4. The van der Waals surface area contributed by atoms with Crippen molar-refractivity contribution in [3.8, 4) is 5.75 Å². The molecule has 2 nitrogen and oxygen atoms in total. The van der Waals surface area contributed by atoms with Crippen molar-refractivity contribution < 1.29 is 4.74 Å². The molecule has 0 saturated heterocycles. The molecule has 0 bridgehead atoms. The maximum Gasteiger partial charge on any atom is 0.118 e. The quantitative estimate of drug-likeness (QED) is 0.845. The van der Waals surface area contributed by atoms with Gasteiger partial charge in [-0.15, -0.1) is 0 Å². The van der Waals surface area contributed by atoms with Crippen LogP contribution in [0.3, 0.4) is 0 Å². The number of methoxy groups -OCH3 is 1. The van der Waals surface area contributed by atoms with Crippen LogP contribution in [0.5, 0.6) is 5.75 Å². The van der Waals surface area contributed by atoms with Gasteiger partial charge in [0.15, 0.2) is 0 Å². The maximum atomic E-state index is 5.17. The largest absolute Gasteiger partial charge is 0.497 e. The smallest absolute Gasteiger partial charge is 0.118 e. The molecule has 0 unspecified atom stereocenters. The van der Waals surface area contributed by atoms with Crippen LogP contribution in [0.2, 0.25) is 0 Å². The number of rotatable bonds is 2. The first-order chi connectivity index (χ1) is 8.36. The molecule has 1 aliphatic heterocycles. The predicted molar refractivity (Wildman–Crippen MR) is 69.5 cm³/mol. The van der Waals surface area contributed by atoms with Gasteiger partial charge < -0.3 is 10.1 Å². The molecule has 1 aliphatic rings. The molecule has 0 aromatic heterocycles. The molecule has 1 atom stereocenters. The Morgan fingerprint density at radius 1 is 1.06 bits per heavy atom. The van der Waals surface area contributed by atoms with Gasteiger partial charge in [0.25, 0.3) is 0 Å². The number of hydrogen-bond acceptors (Lipinski definition) is 2. The molecule has 17 heavy (non-hydrogen) atoms. The summed E-state index contributed by atoms with van der Waals surface area (Å²) in [7, 11) is 1.69. The van der Waals surface area contributed by atoms with Crippen LogP contribution in [0.25, 0.3) is 0 Å². The lowest BCUT2D eigenvalue weighted by molar-refractivity contribution is 0.414. The first-order valence-electron chi connectivity index (χ1n) is 5.85. The highest BCUT2D eigenvalue weighted by Crippen LogP contribution is 2.34. The van der Waals surface area contributed by atoms with E-state index in [0.29, 0.717) is 6.04 Å². The highest BCUT2D eigenvalue weighted by atomic mass is 16.5. The van der Waals surface area contributed by atoms with Crippen molar-refractivity contribution in [2.75, 3.05) is 12.4 Å². The summed E-state index contributed by atoms with van der Waals surface area (Å²) in [6, 6.07) is 17.2. The number of hydrogen-bond donors (Lipinski definition) is 1. The molecule has 1 N–H and O–H groups in total. The third kappa shape index (κ3) is 1.86. The number of anilines is 1. The average molecular weight is 225 g/mol. The molecule has 2 aromatic carbocycles. The van der Waals surface area contributed by atoms with Gasteiger partial charge in [-0.05, 0) is 35.7 Å². The van der Waals surface area contributed by atoms with Crippen molar-refractivity contribution in [3.05, 3.63) is 59.7 Å². The van der Waals surface area contributed by atoms with Crippen molar-refractivity contribution in [1.29, 1.82) is 0 Å². The minimum atomic E-state index is 0.387. The van der Waals surface area contributed by atoms with Gasteiger partial charge in [0, 0.05) is 5.69 Å². The summed E-state index contributed by atoms with van der Waals surface area (Å²) in [4.78, 5) is 0. The summed E-state index contributed by atoms with van der Waals surface area (Å²) in [5.41, 5.74) is 3.96. The van der Waals surface area contributed by atoms with E-state index in [1.54, 1.807) is 7.11 Å². The van der Waals surface area contributed by atoms with Gasteiger partial charge >= 0.3 is 0 Å². The van der Waals surface area contributed by atoms with E-state index in [1.165, 1.54) is 16.8 Å². The molecular weight excluding hydrogens is 210 g/mol. The second-order valence-corrected chi connectivity index (χ2v) is 4.33. The molecule has 0 saturated carbocycles. The first kappa shape index (κ1) is 10.2. The third-order valence-corrected chi connectivity index (χ3v) is 3.29. The van der Waals surface area contributed by atoms with Gasteiger partial charge in [0.1, 0.15) is 5.75 Å². The third-order valence-electron chi connectivity index (χ3n) is 3.29.